The lowest BCUT2D eigenvalue weighted by Gasteiger charge is -2.41. The highest BCUT2D eigenvalue weighted by molar-refractivity contribution is 7.21. The molecule has 38 heavy (non-hydrogen) atoms. The van der Waals surface area contributed by atoms with Crippen molar-refractivity contribution >= 4 is 45.0 Å². The molecule has 1 atom stereocenters. The lowest BCUT2D eigenvalue weighted by atomic mass is 9.94. The van der Waals surface area contributed by atoms with Crippen LogP contribution in [0.4, 0.5) is 5.69 Å². The molecule has 6 nitrogen and oxygen atoms in total. The molecule has 3 aromatic carbocycles. The van der Waals surface area contributed by atoms with Crippen molar-refractivity contribution in [2.24, 2.45) is 0 Å². The summed E-state index contributed by atoms with van der Waals surface area (Å²) in [6, 6.07) is 20.0. The predicted molar refractivity (Wildman–Crippen MR) is 152 cm³/mol. The lowest BCUT2D eigenvalue weighted by Crippen LogP contribution is -2.55. The smallest absolute Gasteiger partial charge is 0.257 e. The van der Waals surface area contributed by atoms with Crippen LogP contribution in [0.1, 0.15) is 55.1 Å². The third-order valence-electron chi connectivity index (χ3n) is 7.39. The lowest BCUT2D eigenvalue weighted by molar-refractivity contribution is -0.123. The molecular weight excluding hydrogens is 494 g/mol. The van der Waals surface area contributed by atoms with Gasteiger partial charge in [0.25, 0.3) is 11.8 Å². The van der Waals surface area contributed by atoms with Crippen molar-refractivity contribution in [2.75, 3.05) is 4.90 Å². The molecule has 0 saturated carbocycles. The quantitative estimate of drug-likeness (QED) is 0.268. The zero-order chi connectivity index (χ0) is 27.2. The SMILES string of the molecule is CCC(C)(C)N(C(=O)c1ccc(C)cc1)C1CC(=O)N(c2ccc(-c3nc4ccc(C)cc4s3)cc2)C1=O. The molecule has 0 N–H and O–H groups in total. The Hall–Kier alpha value is -3.84. The summed E-state index contributed by atoms with van der Waals surface area (Å²) >= 11 is 1.61. The van der Waals surface area contributed by atoms with Crippen LogP contribution in [-0.4, -0.2) is 39.2 Å². The third-order valence-corrected chi connectivity index (χ3v) is 8.45. The van der Waals surface area contributed by atoms with E-state index in [1.165, 1.54) is 10.5 Å². The first-order valence-electron chi connectivity index (χ1n) is 12.8. The maximum atomic E-state index is 13.7. The van der Waals surface area contributed by atoms with E-state index in [-0.39, 0.29) is 24.1 Å². The number of anilines is 1. The molecule has 4 aromatic rings. The van der Waals surface area contributed by atoms with Gasteiger partial charge in [0.1, 0.15) is 11.0 Å². The molecule has 1 aliphatic rings. The van der Waals surface area contributed by atoms with Crippen molar-refractivity contribution < 1.29 is 14.4 Å². The normalized spacial score (nSPS) is 15.9. The Kier molecular flexibility index (Phi) is 6.65. The van der Waals surface area contributed by atoms with Crippen LogP contribution >= 0.6 is 11.3 Å². The second-order valence-corrected chi connectivity index (χ2v) is 11.6. The Labute approximate surface area is 226 Å². The van der Waals surface area contributed by atoms with Crippen LogP contribution in [0.25, 0.3) is 20.8 Å². The molecule has 0 aliphatic carbocycles. The Morgan fingerprint density at radius 3 is 2.32 bits per heavy atom. The number of rotatable bonds is 6. The molecular formula is C31H31N3O3S. The monoisotopic (exact) mass is 525 g/mol. The minimum absolute atomic E-state index is 0.0428. The second-order valence-electron chi connectivity index (χ2n) is 10.5. The highest BCUT2D eigenvalue weighted by Gasteiger charge is 2.48. The number of aryl methyl sites for hydroxylation is 2. The average Bonchev–Trinajstić information content (AvgIpc) is 3.44. The van der Waals surface area contributed by atoms with E-state index in [2.05, 4.69) is 13.0 Å². The van der Waals surface area contributed by atoms with E-state index < -0.39 is 11.6 Å². The van der Waals surface area contributed by atoms with Gasteiger partial charge >= 0.3 is 0 Å². The number of hydrogen-bond donors (Lipinski definition) is 0. The molecule has 0 radical (unpaired) electrons. The molecule has 7 heteroatoms. The van der Waals surface area contributed by atoms with Crippen LogP contribution in [0, 0.1) is 13.8 Å². The summed E-state index contributed by atoms with van der Waals surface area (Å²) in [4.78, 5) is 48.1. The van der Waals surface area contributed by atoms with Crippen LogP contribution in [0.2, 0.25) is 0 Å². The summed E-state index contributed by atoms with van der Waals surface area (Å²) in [7, 11) is 0. The molecule has 1 fully saturated rings. The van der Waals surface area contributed by atoms with E-state index in [4.69, 9.17) is 4.98 Å². The fourth-order valence-electron chi connectivity index (χ4n) is 4.84. The molecule has 194 valence electrons. The zero-order valence-electron chi connectivity index (χ0n) is 22.3. The molecule has 0 bridgehead atoms. The predicted octanol–water partition coefficient (Wildman–Crippen LogP) is 6.54. The van der Waals surface area contributed by atoms with Crippen molar-refractivity contribution in [3.63, 3.8) is 0 Å². The van der Waals surface area contributed by atoms with Crippen LogP contribution in [0.5, 0.6) is 0 Å². The first-order chi connectivity index (χ1) is 18.1. The third kappa shape index (κ3) is 4.63. The van der Waals surface area contributed by atoms with E-state index in [0.717, 1.165) is 26.4 Å². The number of fused-ring (bicyclic) bond motifs is 1. The standard InChI is InChI=1S/C31H31N3O3S/c1-6-31(4,5)34(29(36)22-10-7-19(2)8-11-22)25-18-27(35)33(30(25)37)23-14-12-21(13-15-23)28-32-24-16-9-20(3)17-26(24)38-28/h7-17,25H,6,18H2,1-5H3. The van der Waals surface area contributed by atoms with E-state index in [1.54, 1.807) is 40.5 Å². The molecule has 1 aromatic heterocycles. The van der Waals surface area contributed by atoms with E-state index in [0.29, 0.717) is 17.7 Å². The Bertz CT molecular complexity index is 1540. The largest absolute Gasteiger partial charge is 0.321 e. The van der Waals surface area contributed by atoms with Crippen molar-refractivity contribution in [3.05, 3.63) is 83.4 Å². The molecule has 2 heterocycles. The van der Waals surface area contributed by atoms with Gasteiger partial charge in [-0.1, -0.05) is 30.7 Å². The molecule has 5 rings (SSSR count). The highest BCUT2D eigenvalue weighted by atomic mass is 32.1. The Morgan fingerprint density at radius 1 is 1.00 bits per heavy atom. The number of hydrogen-bond acceptors (Lipinski definition) is 5. The maximum Gasteiger partial charge on any atom is 0.257 e. The minimum atomic E-state index is -0.863. The van der Waals surface area contributed by atoms with Gasteiger partial charge in [-0.25, -0.2) is 9.88 Å². The number of thiazole rings is 1. The van der Waals surface area contributed by atoms with E-state index in [1.807, 2.05) is 64.1 Å². The van der Waals surface area contributed by atoms with Crippen LogP contribution in [-0.2, 0) is 9.59 Å². The summed E-state index contributed by atoms with van der Waals surface area (Å²) in [6.45, 7) is 9.88. The van der Waals surface area contributed by atoms with Gasteiger partial charge in [-0.05, 0) is 88.2 Å². The van der Waals surface area contributed by atoms with Gasteiger partial charge in [-0.3, -0.25) is 14.4 Å². The Balaban J connectivity index is 1.43. The fraction of sp³-hybridized carbons (Fsp3) is 0.290. The summed E-state index contributed by atoms with van der Waals surface area (Å²) in [6.07, 6.45) is 0.595. The first kappa shape index (κ1) is 25.8. The second kappa shape index (κ2) is 9.80. The fourth-order valence-corrected chi connectivity index (χ4v) is 5.91. The topological polar surface area (TPSA) is 70.6 Å². The average molecular weight is 526 g/mol. The van der Waals surface area contributed by atoms with Gasteiger partial charge in [0.05, 0.1) is 22.3 Å². The maximum absolute atomic E-state index is 13.7. The van der Waals surface area contributed by atoms with Gasteiger partial charge in [-0.2, -0.15) is 0 Å². The van der Waals surface area contributed by atoms with Gasteiger partial charge in [-0.15, -0.1) is 11.3 Å². The first-order valence-corrected chi connectivity index (χ1v) is 13.7. The number of carbonyl (C=O) groups is 3. The summed E-state index contributed by atoms with van der Waals surface area (Å²) in [5.74, 6) is -0.928. The van der Waals surface area contributed by atoms with E-state index in [9.17, 15) is 14.4 Å². The number of amides is 3. The van der Waals surface area contributed by atoms with Crippen LogP contribution in [0.15, 0.2) is 66.7 Å². The van der Waals surface area contributed by atoms with Crippen LogP contribution < -0.4 is 4.90 Å². The van der Waals surface area contributed by atoms with Crippen LogP contribution in [0.3, 0.4) is 0 Å². The highest BCUT2D eigenvalue weighted by Crippen LogP contribution is 2.35. The van der Waals surface area contributed by atoms with Crippen molar-refractivity contribution in [1.82, 2.24) is 9.88 Å². The number of benzene rings is 3. The zero-order valence-corrected chi connectivity index (χ0v) is 23.1. The number of nitrogens with zero attached hydrogens (tertiary/aromatic N) is 3. The molecule has 1 saturated heterocycles. The molecule has 1 unspecified atom stereocenters. The molecule has 3 amide bonds. The van der Waals surface area contributed by atoms with Crippen molar-refractivity contribution in [1.29, 1.82) is 0 Å². The number of aromatic nitrogens is 1. The van der Waals surface area contributed by atoms with Gasteiger partial charge < -0.3 is 4.90 Å². The summed E-state index contributed by atoms with van der Waals surface area (Å²) in [5, 5.41) is 0.883. The molecule has 0 spiro atoms. The minimum Gasteiger partial charge on any atom is -0.321 e. The summed E-state index contributed by atoms with van der Waals surface area (Å²) in [5.41, 5.74) is 4.49. The molecule has 1 aliphatic heterocycles. The van der Waals surface area contributed by atoms with Gasteiger partial charge in [0, 0.05) is 16.7 Å². The van der Waals surface area contributed by atoms with Gasteiger partial charge in [0.2, 0.25) is 5.91 Å². The van der Waals surface area contributed by atoms with E-state index >= 15 is 0 Å². The Morgan fingerprint density at radius 2 is 1.66 bits per heavy atom. The number of imide groups is 1. The summed E-state index contributed by atoms with van der Waals surface area (Å²) < 4.78 is 1.12. The number of carbonyl (C=O) groups excluding carboxylic acids is 3. The van der Waals surface area contributed by atoms with Crippen molar-refractivity contribution in [3.8, 4) is 10.6 Å². The van der Waals surface area contributed by atoms with Crippen molar-refractivity contribution in [2.45, 2.75) is 59.0 Å². The van der Waals surface area contributed by atoms with Gasteiger partial charge in [0.15, 0.2) is 0 Å².